The standard InChI is InChI=1S/C18H36N2/c1-4-11-19-14-18(10-7-8-16(2)13-18)15-20-12-6-5-9-17(20)3/h16-17,19H,4-15H2,1-3H3. The van der Waals surface area contributed by atoms with Gasteiger partial charge in [0, 0.05) is 19.1 Å². The first-order valence-corrected chi connectivity index (χ1v) is 9.10. The molecule has 3 unspecified atom stereocenters. The number of hydrogen-bond acceptors (Lipinski definition) is 2. The molecule has 1 aliphatic carbocycles. The van der Waals surface area contributed by atoms with Gasteiger partial charge in [-0.1, -0.05) is 33.1 Å². The maximum absolute atomic E-state index is 3.74. The van der Waals surface area contributed by atoms with Gasteiger partial charge < -0.3 is 10.2 Å². The van der Waals surface area contributed by atoms with E-state index in [-0.39, 0.29) is 0 Å². The Morgan fingerprint density at radius 1 is 1.15 bits per heavy atom. The molecule has 1 heterocycles. The van der Waals surface area contributed by atoms with Crippen LogP contribution in [0.1, 0.15) is 72.1 Å². The normalized spacial score (nSPS) is 36.1. The van der Waals surface area contributed by atoms with Gasteiger partial charge in [-0.15, -0.1) is 0 Å². The van der Waals surface area contributed by atoms with Crippen LogP contribution in [0.5, 0.6) is 0 Å². The minimum Gasteiger partial charge on any atom is -0.316 e. The van der Waals surface area contributed by atoms with Crippen molar-refractivity contribution in [1.82, 2.24) is 10.2 Å². The quantitative estimate of drug-likeness (QED) is 0.738. The van der Waals surface area contributed by atoms with Crippen molar-refractivity contribution in [2.75, 3.05) is 26.2 Å². The molecule has 0 spiro atoms. The number of likely N-dealkylation sites (tertiary alicyclic amines) is 1. The maximum atomic E-state index is 3.74. The monoisotopic (exact) mass is 280 g/mol. The third-order valence-electron chi connectivity index (χ3n) is 5.59. The summed E-state index contributed by atoms with van der Waals surface area (Å²) in [7, 11) is 0. The Morgan fingerprint density at radius 3 is 2.70 bits per heavy atom. The number of piperidine rings is 1. The van der Waals surface area contributed by atoms with Crippen molar-refractivity contribution in [3.63, 3.8) is 0 Å². The van der Waals surface area contributed by atoms with Gasteiger partial charge in [0.05, 0.1) is 0 Å². The van der Waals surface area contributed by atoms with Crippen LogP contribution in [0.3, 0.4) is 0 Å². The molecule has 1 saturated heterocycles. The molecular formula is C18H36N2. The van der Waals surface area contributed by atoms with Gasteiger partial charge in [-0.25, -0.2) is 0 Å². The zero-order chi connectivity index (χ0) is 14.4. The molecule has 2 rings (SSSR count). The molecule has 0 radical (unpaired) electrons. The van der Waals surface area contributed by atoms with Gasteiger partial charge in [-0.3, -0.25) is 0 Å². The van der Waals surface area contributed by atoms with Crippen LogP contribution in [0, 0.1) is 11.3 Å². The highest BCUT2D eigenvalue weighted by atomic mass is 15.2. The first-order chi connectivity index (χ1) is 9.65. The van der Waals surface area contributed by atoms with Crippen LogP contribution in [0.2, 0.25) is 0 Å². The molecule has 0 aromatic carbocycles. The van der Waals surface area contributed by atoms with Crippen LogP contribution in [0.4, 0.5) is 0 Å². The van der Waals surface area contributed by atoms with Crippen molar-refractivity contribution in [3.05, 3.63) is 0 Å². The van der Waals surface area contributed by atoms with Crippen LogP contribution in [0.25, 0.3) is 0 Å². The second kappa shape index (κ2) is 7.79. The van der Waals surface area contributed by atoms with Crippen molar-refractivity contribution in [1.29, 1.82) is 0 Å². The molecule has 2 aliphatic rings. The fraction of sp³-hybridized carbons (Fsp3) is 1.00. The van der Waals surface area contributed by atoms with Crippen LogP contribution in [0.15, 0.2) is 0 Å². The largest absolute Gasteiger partial charge is 0.316 e. The van der Waals surface area contributed by atoms with Gasteiger partial charge in [0.1, 0.15) is 0 Å². The van der Waals surface area contributed by atoms with Crippen molar-refractivity contribution in [3.8, 4) is 0 Å². The topological polar surface area (TPSA) is 15.3 Å². The molecule has 1 aliphatic heterocycles. The molecule has 2 heteroatoms. The molecule has 0 bridgehead atoms. The zero-order valence-corrected chi connectivity index (χ0v) is 14.1. The third-order valence-corrected chi connectivity index (χ3v) is 5.59. The van der Waals surface area contributed by atoms with E-state index in [9.17, 15) is 0 Å². The minimum atomic E-state index is 0.554. The van der Waals surface area contributed by atoms with E-state index in [4.69, 9.17) is 0 Å². The SMILES string of the molecule is CCCNCC1(CN2CCCCC2C)CCCC(C)C1. The summed E-state index contributed by atoms with van der Waals surface area (Å²) >= 11 is 0. The summed E-state index contributed by atoms with van der Waals surface area (Å²) in [5.74, 6) is 0.923. The molecule has 20 heavy (non-hydrogen) atoms. The molecule has 1 N–H and O–H groups in total. The second-order valence-electron chi connectivity index (χ2n) is 7.69. The van der Waals surface area contributed by atoms with Crippen molar-refractivity contribution in [2.24, 2.45) is 11.3 Å². The molecule has 118 valence electrons. The fourth-order valence-electron chi connectivity index (χ4n) is 4.48. The third kappa shape index (κ3) is 4.46. The molecule has 2 fully saturated rings. The Hall–Kier alpha value is -0.0800. The highest BCUT2D eigenvalue weighted by Crippen LogP contribution is 2.40. The lowest BCUT2D eigenvalue weighted by molar-refractivity contribution is 0.0467. The van der Waals surface area contributed by atoms with Gasteiger partial charge in [0.15, 0.2) is 0 Å². The first-order valence-electron chi connectivity index (χ1n) is 9.10. The van der Waals surface area contributed by atoms with E-state index in [0.717, 1.165) is 12.0 Å². The molecule has 2 nitrogen and oxygen atoms in total. The summed E-state index contributed by atoms with van der Waals surface area (Å²) in [6, 6.07) is 0.809. The predicted octanol–water partition coefficient (Wildman–Crippen LogP) is 4.06. The molecule has 0 aromatic rings. The van der Waals surface area contributed by atoms with Crippen molar-refractivity contribution < 1.29 is 0 Å². The van der Waals surface area contributed by atoms with Gasteiger partial charge >= 0.3 is 0 Å². The summed E-state index contributed by atoms with van der Waals surface area (Å²) in [6.07, 6.45) is 11.3. The number of nitrogens with one attached hydrogen (secondary N) is 1. The summed E-state index contributed by atoms with van der Waals surface area (Å²) < 4.78 is 0. The van der Waals surface area contributed by atoms with E-state index >= 15 is 0 Å². The molecule has 1 saturated carbocycles. The van der Waals surface area contributed by atoms with E-state index in [1.54, 1.807) is 0 Å². The summed E-state index contributed by atoms with van der Waals surface area (Å²) in [6.45, 7) is 12.3. The number of nitrogens with zero attached hydrogens (tertiary/aromatic N) is 1. The minimum absolute atomic E-state index is 0.554. The Balaban J connectivity index is 1.97. The lowest BCUT2D eigenvalue weighted by Crippen LogP contribution is -2.50. The maximum Gasteiger partial charge on any atom is 0.00671 e. The van der Waals surface area contributed by atoms with Crippen molar-refractivity contribution >= 4 is 0 Å². The summed E-state index contributed by atoms with van der Waals surface area (Å²) in [4.78, 5) is 2.80. The lowest BCUT2D eigenvalue weighted by atomic mass is 9.69. The average molecular weight is 280 g/mol. The van der Waals surface area contributed by atoms with Gasteiger partial charge in [0.2, 0.25) is 0 Å². The second-order valence-corrected chi connectivity index (χ2v) is 7.69. The Labute approximate surface area is 126 Å². The molecule has 3 atom stereocenters. The number of rotatable bonds is 6. The van der Waals surface area contributed by atoms with Crippen molar-refractivity contribution in [2.45, 2.75) is 78.2 Å². The molecule has 0 aromatic heterocycles. The Morgan fingerprint density at radius 2 is 2.00 bits per heavy atom. The summed E-state index contributed by atoms with van der Waals surface area (Å²) in [5.41, 5.74) is 0.554. The van der Waals surface area contributed by atoms with Gasteiger partial charge in [-0.2, -0.15) is 0 Å². The fourth-order valence-corrected chi connectivity index (χ4v) is 4.48. The highest BCUT2D eigenvalue weighted by Gasteiger charge is 2.37. The van der Waals surface area contributed by atoms with E-state index in [1.807, 2.05) is 0 Å². The van der Waals surface area contributed by atoms with E-state index in [1.165, 1.54) is 77.5 Å². The van der Waals surface area contributed by atoms with Gasteiger partial charge in [-0.05, 0) is 63.5 Å². The zero-order valence-electron chi connectivity index (χ0n) is 14.1. The van der Waals surface area contributed by atoms with Crippen LogP contribution in [-0.2, 0) is 0 Å². The Kier molecular flexibility index (Phi) is 6.35. The Bertz CT molecular complexity index is 279. The number of hydrogen-bond donors (Lipinski definition) is 1. The van der Waals surface area contributed by atoms with Gasteiger partial charge in [0.25, 0.3) is 0 Å². The van der Waals surface area contributed by atoms with Crippen LogP contribution < -0.4 is 5.32 Å². The highest BCUT2D eigenvalue weighted by molar-refractivity contribution is 4.91. The van der Waals surface area contributed by atoms with E-state index in [0.29, 0.717) is 5.41 Å². The smallest absolute Gasteiger partial charge is 0.00671 e. The molecular weight excluding hydrogens is 244 g/mol. The first kappa shape index (κ1) is 16.3. The van der Waals surface area contributed by atoms with E-state index in [2.05, 4.69) is 31.0 Å². The summed E-state index contributed by atoms with van der Waals surface area (Å²) in [5, 5.41) is 3.74. The predicted molar refractivity (Wildman–Crippen MR) is 88.1 cm³/mol. The lowest BCUT2D eigenvalue weighted by Gasteiger charge is -2.46. The van der Waals surface area contributed by atoms with Crippen LogP contribution in [-0.4, -0.2) is 37.1 Å². The molecule has 0 amide bonds. The van der Waals surface area contributed by atoms with Crippen LogP contribution >= 0.6 is 0 Å². The van der Waals surface area contributed by atoms with E-state index < -0.39 is 0 Å². The average Bonchev–Trinajstić information content (AvgIpc) is 2.42.